The third-order valence-electron chi connectivity index (χ3n) is 4.74. The van der Waals surface area contributed by atoms with Crippen molar-refractivity contribution < 1.29 is 24.4 Å². The Bertz CT molecular complexity index is 775. The SMILES string of the molecule is O=C(O)[C@H]1[C@@H]2C=C[C@@]3(CN(c4cccc([N+](=O)[O-])c4)C(=O)[C@@H]13)O2. The summed E-state index contributed by atoms with van der Waals surface area (Å²) in [4.78, 5) is 36.0. The van der Waals surface area contributed by atoms with E-state index in [0.717, 1.165) is 0 Å². The van der Waals surface area contributed by atoms with Gasteiger partial charge in [-0.15, -0.1) is 0 Å². The number of ether oxygens (including phenoxy) is 1. The van der Waals surface area contributed by atoms with Crippen molar-refractivity contribution in [3.63, 3.8) is 0 Å². The number of aliphatic carboxylic acids is 1. The highest BCUT2D eigenvalue weighted by molar-refractivity contribution is 6.02. The summed E-state index contributed by atoms with van der Waals surface area (Å²) in [5.74, 6) is -3.16. The van der Waals surface area contributed by atoms with Gasteiger partial charge in [0.1, 0.15) is 11.5 Å². The van der Waals surface area contributed by atoms with Gasteiger partial charge < -0.3 is 14.7 Å². The number of amides is 1. The second-order valence-corrected chi connectivity index (χ2v) is 5.94. The molecule has 1 spiro atoms. The minimum Gasteiger partial charge on any atom is -0.481 e. The van der Waals surface area contributed by atoms with E-state index in [1.54, 1.807) is 18.2 Å². The van der Waals surface area contributed by atoms with Gasteiger partial charge in [-0.2, -0.15) is 0 Å². The molecular formula is C15H12N2O6. The molecule has 2 bridgehead atoms. The lowest BCUT2D eigenvalue weighted by molar-refractivity contribution is -0.384. The van der Waals surface area contributed by atoms with Crippen LogP contribution < -0.4 is 4.90 Å². The third-order valence-corrected chi connectivity index (χ3v) is 4.74. The lowest BCUT2D eigenvalue weighted by atomic mass is 9.77. The number of nitro benzene ring substituents is 1. The van der Waals surface area contributed by atoms with Crippen LogP contribution in [-0.4, -0.2) is 40.2 Å². The second kappa shape index (κ2) is 4.39. The highest BCUT2D eigenvalue weighted by Crippen LogP contribution is 2.52. The Morgan fingerprint density at radius 3 is 2.96 bits per heavy atom. The topological polar surface area (TPSA) is 110 Å². The van der Waals surface area contributed by atoms with Gasteiger partial charge in [-0.05, 0) is 6.07 Å². The Morgan fingerprint density at radius 2 is 2.26 bits per heavy atom. The molecule has 0 saturated carbocycles. The molecule has 1 aromatic rings. The Morgan fingerprint density at radius 1 is 1.48 bits per heavy atom. The molecule has 8 heteroatoms. The van der Waals surface area contributed by atoms with Gasteiger partial charge in [0.2, 0.25) is 5.91 Å². The number of carbonyl (C=O) groups excluding carboxylic acids is 1. The largest absolute Gasteiger partial charge is 0.481 e. The van der Waals surface area contributed by atoms with Crippen LogP contribution in [0.1, 0.15) is 0 Å². The third kappa shape index (κ3) is 1.75. The maximum atomic E-state index is 12.7. The van der Waals surface area contributed by atoms with E-state index in [0.29, 0.717) is 5.69 Å². The quantitative estimate of drug-likeness (QED) is 0.505. The molecule has 3 aliphatic rings. The predicted molar refractivity (Wildman–Crippen MR) is 76.8 cm³/mol. The van der Waals surface area contributed by atoms with Crippen LogP contribution in [-0.2, 0) is 14.3 Å². The maximum absolute atomic E-state index is 12.7. The molecule has 2 fully saturated rings. The highest BCUT2D eigenvalue weighted by Gasteiger charge is 2.67. The molecule has 23 heavy (non-hydrogen) atoms. The molecule has 3 heterocycles. The number of rotatable bonds is 3. The number of nitro groups is 1. The summed E-state index contributed by atoms with van der Waals surface area (Å²) in [5, 5.41) is 20.3. The first-order chi connectivity index (χ1) is 10.9. The first-order valence-corrected chi connectivity index (χ1v) is 7.09. The summed E-state index contributed by atoms with van der Waals surface area (Å²) >= 11 is 0. The van der Waals surface area contributed by atoms with Crippen molar-refractivity contribution in [3.8, 4) is 0 Å². The fourth-order valence-corrected chi connectivity index (χ4v) is 3.77. The number of fused-ring (bicyclic) bond motifs is 1. The second-order valence-electron chi connectivity index (χ2n) is 5.94. The van der Waals surface area contributed by atoms with E-state index < -0.39 is 34.4 Å². The van der Waals surface area contributed by atoms with E-state index >= 15 is 0 Å². The fourth-order valence-electron chi connectivity index (χ4n) is 3.77. The van der Waals surface area contributed by atoms with Gasteiger partial charge in [0, 0.05) is 12.1 Å². The number of nitrogens with zero attached hydrogens (tertiary/aromatic N) is 2. The fraction of sp³-hybridized carbons (Fsp3) is 0.333. The van der Waals surface area contributed by atoms with Gasteiger partial charge in [0.05, 0.1) is 29.2 Å². The van der Waals surface area contributed by atoms with Crippen molar-refractivity contribution in [3.05, 3.63) is 46.5 Å². The number of carbonyl (C=O) groups is 2. The lowest BCUT2D eigenvalue weighted by Crippen LogP contribution is -2.39. The molecule has 1 amide bonds. The zero-order valence-corrected chi connectivity index (χ0v) is 11.8. The molecule has 0 radical (unpaired) electrons. The maximum Gasteiger partial charge on any atom is 0.310 e. The molecule has 8 nitrogen and oxygen atoms in total. The van der Waals surface area contributed by atoms with Crippen LogP contribution in [0.4, 0.5) is 11.4 Å². The number of hydrogen-bond acceptors (Lipinski definition) is 5. The molecule has 0 unspecified atom stereocenters. The van der Waals surface area contributed by atoms with Gasteiger partial charge in [0.25, 0.3) is 5.69 Å². The normalized spacial score (nSPS) is 34.0. The molecule has 3 aliphatic heterocycles. The Labute approximate surface area is 130 Å². The van der Waals surface area contributed by atoms with Crippen LogP contribution in [0.15, 0.2) is 36.4 Å². The number of non-ortho nitro benzene ring substituents is 1. The molecule has 2 saturated heterocycles. The minimum atomic E-state index is -1.07. The summed E-state index contributed by atoms with van der Waals surface area (Å²) < 4.78 is 5.77. The zero-order valence-electron chi connectivity index (χ0n) is 11.8. The average molecular weight is 316 g/mol. The Balaban J connectivity index is 1.73. The first kappa shape index (κ1) is 13.9. The standard InChI is InChI=1S/C15H12N2O6/c18-13-12-11(14(19)20)10-4-5-15(12,23-10)7-16(13)8-2-1-3-9(6-8)17(21)22/h1-6,10-12H,7H2,(H,19,20)/t10-,11-,12+,15-/m0/s1. The number of carboxylic acid groups (broad SMARTS) is 1. The van der Waals surface area contributed by atoms with Crippen molar-refractivity contribution in [2.45, 2.75) is 11.7 Å². The summed E-state index contributed by atoms with van der Waals surface area (Å²) in [7, 11) is 0. The average Bonchev–Trinajstić information content (AvgIpc) is 3.15. The smallest absolute Gasteiger partial charge is 0.310 e. The summed E-state index contributed by atoms with van der Waals surface area (Å²) in [5.41, 5.74) is -0.701. The number of hydrogen-bond donors (Lipinski definition) is 1. The van der Waals surface area contributed by atoms with Crippen molar-refractivity contribution >= 4 is 23.3 Å². The Kier molecular flexibility index (Phi) is 2.65. The van der Waals surface area contributed by atoms with Crippen LogP contribution in [0.5, 0.6) is 0 Å². The zero-order chi connectivity index (χ0) is 16.4. The first-order valence-electron chi connectivity index (χ1n) is 7.09. The highest BCUT2D eigenvalue weighted by atomic mass is 16.6. The van der Waals surface area contributed by atoms with Crippen LogP contribution in [0.25, 0.3) is 0 Å². The minimum absolute atomic E-state index is 0.125. The molecule has 0 aromatic heterocycles. The summed E-state index contributed by atoms with van der Waals surface area (Å²) in [6.45, 7) is 0.161. The van der Waals surface area contributed by atoms with E-state index in [1.165, 1.54) is 23.1 Å². The number of benzene rings is 1. The van der Waals surface area contributed by atoms with Gasteiger partial charge >= 0.3 is 5.97 Å². The van der Waals surface area contributed by atoms with E-state index in [9.17, 15) is 24.8 Å². The summed E-state index contributed by atoms with van der Waals surface area (Å²) in [6, 6.07) is 5.73. The molecule has 0 aliphatic carbocycles. The van der Waals surface area contributed by atoms with Crippen molar-refractivity contribution in [2.24, 2.45) is 11.8 Å². The van der Waals surface area contributed by atoms with E-state index in [4.69, 9.17) is 4.74 Å². The van der Waals surface area contributed by atoms with Crippen molar-refractivity contribution in [2.75, 3.05) is 11.4 Å². The van der Waals surface area contributed by atoms with E-state index in [-0.39, 0.29) is 18.1 Å². The van der Waals surface area contributed by atoms with E-state index in [2.05, 4.69) is 0 Å². The molecule has 4 rings (SSSR count). The number of anilines is 1. The van der Waals surface area contributed by atoms with Crippen LogP contribution in [0, 0.1) is 22.0 Å². The van der Waals surface area contributed by atoms with Gasteiger partial charge in [0.15, 0.2) is 0 Å². The molecule has 4 atom stereocenters. The van der Waals surface area contributed by atoms with Crippen molar-refractivity contribution in [1.82, 2.24) is 0 Å². The van der Waals surface area contributed by atoms with Gasteiger partial charge in [-0.25, -0.2) is 0 Å². The lowest BCUT2D eigenvalue weighted by Gasteiger charge is -2.21. The molecule has 1 N–H and O–H groups in total. The van der Waals surface area contributed by atoms with Gasteiger partial charge in [-0.3, -0.25) is 19.7 Å². The van der Waals surface area contributed by atoms with Crippen LogP contribution in [0.3, 0.4) is 0 Å². The Hall–Kier alpha value is -2.74. The molecule has 118 valence electrons. The number of carboxylic acids is 1. The van der Waals surface area contributed by atoms with Crippen LogP contribution >= 0.6 is 0 Å². The predicted octanol–water partition coefficient (Wildman–Crippen LogP) is 0.966. The van der Waals surface area contributed by atoms with Gasteiger partial charge in [-0.1, -0.05) is 18.2 Å². The summed E-state index contributed by atoms with van der Waals surface area (Å²) in [6.07, 6.45) is 2.84. The molecular weight excluding hydrogens is 304 g/mol. The van der Waals surface area contributed by atoms with E-state index in [1.807, 2.05) is 0 Å². The van der Waals surface area contributed by atoms with Crippen LogP contribution in [0.2, 0.25) is 0 Å². The van der Waals surface area contributed by atoms with Crippen molar-refractivity contribution in [1.29, 1.82) is 0 Å². The monoisotopic (exact) mass is 316 g/mol. The molecule has 1 aromatic carbocycles.